The van der Waals surface area contributed by atoms with E-state index in [4.69, 9.17) is 0 Å². The molecule has 5 heteroatoms. The van der Waals surface area contributed by atoms with Crippen molar-refractivity contribution in [2.45, 2.75) is 38.1 Å². The average molecular weight is 326 g/mol. The zero-order valence-electron chi connectivity index (χ0n) is 13.6. The number of rotatable bonds is 4. The Labute approximate surface area is 140 Å². The molecule has 1 fully saturated rings. The van der Waals surface area contributed by atoms with Crippen molar-refractivity contribution in [2.75, 3.05) is 6.54 Å². The van der Waals surface area contributed by atoms with E-state index in [9.17, 15) is 14.7 Å². The number of carbonyl (C=O) groups excluding carboxylic acids is 1. The second kappa shape index (κ2) is 7.34. The van der Waals surface area contributed by atoms with Crippen LogP contribution in [0.2, 0.25) is 0 Å². The first-order valence-electron chi connectivity index (χ1n) is 8.42. The average Bonchev–Trinajstić information content (AvgIpc) is 2.61. The predicted molar refractivity (Wildman–Crippen MR) is 92.2 cm³/mol. The second-order valence-electron chi connectivity index (χ2n) is 6.28. The number of likely N-dealkylation sites (tertiary alicyclic amines) is 1. The quantitative estimate of drug-likeness (QED) is 0.907. The number of carbonyl (C=O) groups is 1. The van der Waals surface area contributed by atoms with Gasteiger partial charge in [0.25, 0.3) is 5.91 Å². The van der Waals surface area contributed by atoms with Crippen LogP contribution in [-0.4, -0.2) is 33.5 Å². The SMILES string of the molecule is O=C(c1cccc(=O)[nH]1)N1CCCC[C@H]1CCc1ccc(O)cc1. The van der Waals surface area contributed by atoms with Gasteiger partial charge in [-0.3, -0.25) is 9.59 Å². The number of aryl methyl sites for hydroxylation is 1. The Morgan fingerprint density at radius 1 is 1.17 bits per heavy atom. The number of piperidine rings is 1. The van der Waals surface area contributed by atoms with E-state index in [0.717, 1.165) is 44.2 Å². The van der Waals surface area contributed by atoms with E-state index in [1.165, 1.54) is 6.07 Å². The summed E-state index contributed by atoms with van der Waals surface area (Å²) in [5.41, 5.74) is 1.26. The molecule has 0 radical (unpaired) electrons. The van der Waals surface area contributed by atoms with Gasteiger partial charge in [-0.25, -0.2) is 0 Å². The molecule has 3 rings (SSSR count). The Kier molecular flexibility index (Phi) is 4.99. The molecule has 5 nitrogen and oxygen atoms in total. The summed E-state index contributed by atoms with van der Waals surface area (Å²) in [6.45, 7) is 0.732. The monoisotopic (exact) mass is 326 g/mol. The molecule has 0 bridgehead atoms. The van der Waals surface area contributed by atoms with Crippen LogP contribution in [0, 0.1) is 0 Å². The largest absolute Gasteiger partial charge is 0.508 e. The van der Waals surface area contributed by atoms with Crippen molar-refractivity contribution in [1.29, 1.82) is 0 Å². The van der Waals surface area contributed by atoms with Crippen molar-refractivity contribution in [2.24, 2.45) is 0 Å². The van der Waals surface area contributed by atoms with E-state index >= 15 is 0 Å². The van der Waals surface area contributed by atoms with Crippen LogP contribution < -0.4 is 5.56 Å². The number of pyridine rings is 1. The van der Waals surface area contributed by atoms with Gasteiger partial charge in [0, 0.05) is 18.7 Å². The highest BCUT2D eigenvalue weighted by atomic mass is 16.3. The molecule has 1 aliphatic heterocycles. The van der Waals surface area contributed by atoms with Gasteiger partial charge < -0.3 is 15.0 Å². The first kappa shape index (κ1) is 16.3. The molecule has 1 aromatic heterocycles. The van der Waals surface area contributed by atoms with Gasteiger partial charge in [0.15, 0.2) is 0 Å². The van der Waals surface area contributed by atoms with E-state index in [2.05, 4.69) is 4.98 Å². The van der Waals surface area contributed by atoms with Gasteiger partial charge in [0.2, 0.25) is 5.56 Å². The third-order valence-electron chi connectivity index (χ3n) is 4.59. The lowest BCUT2D eigenvalue weighted by atomic mass is 9.95. The Balaban J connectivity index is 1.69. The highest BCUT2D eigenvalue weighted by Gasteiger charge is 2.27. The molecular weight excluding hydrogens is 304 g/mol. The third kappa shape index (κ3) is 3.85. The van der Waals surface area contributed by atoms with Crippen molar-refractivity contribution < 1.29 is 9.90 Å². The molecule has 2 N–H and O–H groups in total. The zero-order valence-corrected chi connectivity index (χ0v) is 13.6. The van der Waals surface area contributed by atoms with Crippen molar-refractivity contribution in [1.82, 2.24) is 9.88 Å². The first-order chi connectivity index (χ1) is 11.6. The van der Waals surface area contributed by atoms with Crippen molar-refractivity contribution in [3.8, 4) is 5.75 Å². The minimum atomic E-state index is -0.251. The van der Waals surface area contributed by atoms with Crippen LogP contribution in [0.3, 0.4) is 0 Å². The zero-order chi connectivity index (χ0) is 16.9. The normalized spacial score (nSPS) is 17.7. The van der Waals surface area contributed by atoms with E-state index in [1.54, 1.807) is 24.3 Å². The molecule has 2 aromatic rings. The predicted octanol–water partition coefficient (Wildman–Crippen LogP) is 2.71. The van der Waals surface area contributed by atoms with Gasteiger partial charge in [0.1, 0.15) is 11.4 Å². The molecule has 0 aliphatic carbocycles. The number of amides is 1. The van der Waals surface area contributed by atoms with Crippen LogP contribution in [0.1, 0.15) is 41.7 Å². The Bertz CT molecular complexity index is 752. The van der Waals surface area contributed by atoms with Gasteiger partial charge in [0.05, 0.1) is 0 Å². The minimum Gasteiger partial charge on any atom is -0.508 e. The Morgan fingerprint density at radius 3 is 2.71 bits per heavy atom. The van der Waals surface area contributed by atoms with Gasteiger partial charge in [-0.05, 0) is 55.9 Å². The fraction of sp³-hybridized carbons (Fsp3) is 0.368. The Hall–Kier alpha value is -2.56. The minimum absolute atomic E-state index is 0.0943. The smallest absolute Gasteiger partial charge is 0.270 e. The molecule has 1 atom stereocenters. The summed E-state index contributed by atoms with van der Waals surface area (Å²) < 4.78 is 0. The highest BCUT2D eigenvalue weighted by Crippen LogP contribution is 2.23. The van der Waals surface area contributed by atoms with E-state index in [0.29, 0.717) is 5.69 Å². The van der Waals surface area contributed by atoms with Gasteiger partial charge >= 0.3 is 0 Å². The molecule has 1 amide bonds. The number of nitrogens with zero attached hydrogens (tertiary/aromatic N) is 1. The van der Waals surface area contributed by atoms with E-state index in [1.807, 2.05) is 17.0 Å². The first-order valence-corrected chi connectivity index (χ1v) is 8.42. The summed E-state index contributed by atoms with van der Waals surface area (Å²) in [6, 6.07) is 12.1. The van der Waals surface area contributed by atoms with Gasteiger partial charge in [-0.1, -0.05) is 18.2 Å². The number of phenols is 1. The maximum atomic E-state index is 12.7. The highest BCUT2D eigenvalue weighted by molar-refractivity contribution is 5.92. The number of nitrogens with one attached hydrogen (secondary N) is 1. The number of phenolic OH excluding ortho intramolecular Hbond substituents is 1. The summed E-state index contributed by atoms with van der Waals surface area (Å²) in [4.78, 5) is 28.7. The molecular formula is C19H22N2O3. The van der Waals surface area contributed by atoms with E-state index in [-0.39, 0.29) is 23.3 Å². The lowest BCUT2D eigenvalue weighted by Gasteiger charge is -2.36. The molecule has 1 aliphatic rings. The fourth-order valence-electron chi connectivity index (χ4n) is 3.29. The maximum Gasteiger partial charge on any atom is 0.270 e. The topological polar surface area (TPSA) is 73.4 Å². The van der Waals surface area contributed by atoms with Crippen LogP contribution >= 0.6 is 0 Å². The number of benzene rings is 1. The summed E-state index contributed by atoms with van der Waals surface area (Å²) in [7, 11) is 0. The lowest BCUT2D eigenvalue weighted by molar-refractivity contribution is 0.0595. The molecule has 24 heavy (non-hydrogen) atoms. The number of aromatic amines is 1. The van der Waals surface area contributed by atoms with Crippen molar-refractivity contribution in [3.63, 3.8) is 0 Å². The molecule has 0 spiro atoms. The molecule has 1 aromatic carbocycles. The molecule has 0 unspecified atom stereocenters. The lowest BCUT2D eigenvalue weighted by Crippen LogP contribution is -2.44. The van der Waals surface area contributed by atoms with Gasteiger partial charge in [-0.2, -0.15) is 0 Å². The number of aromatic hydroxyl groups is 1. The summed E-state index contributed by atoms with van der Waals surface area (Å²) in [5.74, 6) is 0.171. The second-order valence-corrected chi connectivity index (χ2v) is 6.28. The number of hydrogen-bond donors (Lipinski definition) is 2. The van der Waals surface area contributed by atoms with Crippen LogP contribution in [0.25, 0.3) is 0 Å². The fourth-order valence-corrected chi connectivity index (χ4v) is 3.29. The number of hydrogen-bond acceptors (Lipinski definition) is 3. The number of H-pyrrole nitrogens is 1. The third-order valence-corrected chi connectivity index (χ3v) is 4.59. The van der Waals surface area contributed by atoms with E-state index < -0.39 is 0 Å². The molecule has 0 saturated carbocycles. The van der Waals surface area contributed by atoms with Crippen molar-refractivity contribution in [3.05, 3.63) is 64.1 Å². The van der Waals surface area contributed by atoms with Crippen molar-refractivity contribution >= 4 is 5.91 Å². The van der Waals surface area contributed by atoms with Crippen LogP contribution in [0.15, 0.2) is 47.3 Å². The van der Waals surface area contributed by atoms with Crippen LogP contribution in [0.5, 0.6) is 5.75 Å². The van der Waals surface area contributed by atoms with Crippen LogP contribution in [-0.2, 0) is 6.42 Å². The maximum absolute atomic E-state index is 12.7. The molecule has 2 heterocycles. The number of aromatic nitrogens is 1. The Morgan fingerprint density at radius 2 is 1.96 bits per heavy atom. The molecule has 126 valence electrons. The van der Waals surface area contributed by atoms with Crippen LogP contribution in [0.4, 0.5) is 0 Å². The summed E-state index contributed by atoms with van der Waals surface area (Å²) in [6.07, 6.45) is 4.85. The standard InChI is InChI=1S/C19H22N2O3/c22-16-11-8-14(9-12-16)7-10-15-4-1-2-13-21(15)19(24)17-5-3-6-18(23)20-17/h3,5-6,8-9,11-12,15,22H,1-2,4,7,10,13H2,(H,20,23)/t15-/m0/s1. The molecule has 1 saturated heterocycles. The summed E-state index contributed by atoms with van der Waals surface area (Å²) in [5, 5.41) is 9.36. The summed E-state index contributed by atoms with van der Waals surface area (Å²) >= 11 is 0. The van der Waals surface area contributed by atoms with Gasteiger partial charge in [-0.15, -0.1) is 0 Å².